The Morgan fingerprint density at radius 3 is 2.86 bits per heavy atom. The Balaban J connectivity index is 2.22. The van der Waals surface area contributed by atoms with Crippen molar-refractivity contribution in [3.63, 3.8) is 0 Å². The topological polar surface area (TPSA) is 94.0 Å². The van der Waals surface area contributed by atoms with Gasteiger partial charge in [-0.05, 0) is 0 Å². The summed E-state index contributed by atoms with van der Waals surface area (Å²) in [5, 5.41) is 15.6. The van der Waals surface area contributed by atoms with Crippen molar-refractivity contribution in [1.29, 1.82) is 0 Å². The van der Waals surface area contributed by atoms with Gasteiger partial charge >= 0.3 is 12.0 Å². The van der Waals surface area contributed by atoms with Gasteiger partial charge in [-0.1, -0.05) is 0 Å². The molecule has 7 nitrogen and oxygen atoms in total. The van der Waals surface area contributed by atoms with Gasteiger partial charge in [0, 0.05) is 0 Å². The highest BCUT2D eigenvalue weighted by atomic mass is 16.4. The summed E-state index contributed by atoms with van der Waals surface area (Å²) in [4.78, 5) is 14.3. The Hall–Kier alpha value is -2.18. The molecule has 0 bridgehead atoms. The lowest BCUT2D eigenvalue weighted by Crippen LogP contribution is -2.00. The molecule has 1 N–H and O–H groups in total. The van der Waals surface area contributed by atoms with Gasteiger partial charge in [-0.25, -0.2) is 4.57 Å². The predicted octanol–water partition coefficient (Wildman–Crippen LogP) is -0.118. The van der Waals surface area contributed by atoms with E-state index in [1.165, 1.54) is 23.5 Å². The van der Waals surface area contributed by atoms with Crippen LogP contribution in [0.1, 0.15) is 5.69 Å². The van der Waals surface area contributed by atoms with Crippen LogP contribution in [0.5, 0.6) is 0 Å². The van der Waals surface area contributed by atoms with Crippen molar-refractivity contribution in [2.75, 3.05) is 0 Å². The summed E-state index contributed by atoms with van der Waals surface area (Å²) in [5.41, 5.74) is 0.362. The van der Waals surface area contributed by atoms with Crippen LogP contribution in [0.15, 0.2) is 23.3 Å². The molecule has 0 fully saturated rings. The van der Waals surface area contributed by atoms with Gasteiger partial charge in [-0.2, -0.15) is 4.98 Å². The number of hydrogen-bond acceptors (Lipinski definition) is 5. The first-order valence-corrected chi connectivity index (χ1v) is 3.77. The van der Waals surface area contributed by atoms with Crippen molar-refractivity contribution in [3.8, 4) is 6.01 Å². The zero-order chi connectivity index (χ0) is 9.97. The van der Waals surface area contributed by atoms with Crippen molar-refractivity contribution in [3.05, 3.63) is 24.6 Å². The summed E-state index contributed by atoms with van der Waals surface area (Å²) in [7, 11) is 0. The lowest BCUT2D eigenvalue weighted by molar-refractivity contribution is -0.136. The number of carboxylic acid groups (broad SMARTS) is 1. The van der Waals surface area contributed by atoms with Crippen molar-refractivity contribution >= 4 is 5.97 Å². The largest absolute Gasteiger partial charge is 0.481 e. The van der Waals surface area contributed by atoms with E-state index in [1.807, 2.05) is 0 Å². The van der Waals surface area contributed by atoms with Crippen LogP contribution in [0, 0.1) is 0 Å². The van der Waals surface area contributed by atoms with Crippen LogP contribution < -0.4 is 0 Å². The van der Waals surface area contributed by atoms with Gasteiger partial charge in [0.2, 0.25) is 0 Å². The molecule has 0 aliphatic heterocycles. The zero-order valence-corrected chi connectivity index (χ0v) is 6.99. The summed E-state index contributed by atoms with van der Waals surface area (Å²) in [6.07, 6.45) is 3.96. The number of aromatic nitrogens is 4. The zero-order valence-electron chi connectivity index (χ0n) is 6.99. The molecule has 2 aromatic heterocycles. The standard InChI is InChI=1S/C7H6N4O3/c12-6(13)1-5-2-14-7(10-5)11-3-8-9-4-11/h2-4H,1H2,(H,12,13). The second-order valence-electron chi connectivity index (χ2n) is 2.56. The number of aliphatic carboxylic acids is 1. The van der Waals surface area contributed by atoms with Crippen molar-refractivity contribution < 1.29 is 14.3 Å². The van der Waals surface area contributed by atoms with Crippen molar-refractivity contribution in [2.24, 2.45) is 0 Å². The molecule has 2 aromatic rings. The van der Waals surface area contributed by atoms with Crippen LogP contribution in [-0.2, 0) is 11.2 Å². The molecule has 0 radical (unpaired) electrons. The predicted molar refractivity (Wildman–Crippen MR) is 42.8 cm³/mol. The molecule has 0 atom stereocenters. The number of carboxylic acids is 1. The fraction of sp³-hybridized carbons (Fsp3) is 0.143. The van der Waals surface area contributed by atoms with E-state index in [2.05, 4.69) is 15.2 Å². The summed E-state index contributed by atoms with van der Waals surface area (Å²) in [6.45, 7) is 0. The van der Waals surface area contributed by atoms with Crippen LogP contribution in [0.3, 0.4) is 0 Å². The Labute approximate surface area is 78.0 Å². The van der Waals surface area contributed by atoms with Crippen LogP contribution in [0.2, 0.25) is 0 Å². The maximum atomic E-state index is 10.4. The molecule has 72 valence electrons. The van der Waals surface area contributed by atoms with E-state index in [9.17, 15) is 4.79 Å². The van der Waals surface area contributed by atoms with Crippen LogP contribution in [-0.4, -0.2) is 30.8 Å². The minimum absolute atomic E-state index is 0.161. The molecule has 0 aromatic carbocycles. The van der Waals surface area contributed by atoms with Gasteiger partial charge in [-0.15, -0.1) is 10.2 Å². The molecule has 0 aliphatic carbocycles. The lowest BCUT2D eigenvalue weighted by Gasteiger charge is -1.89. The fourth-order valence-electron chi connectivity index (χ4n) is 0.950. The number of nitrogens with zero attached hydrogens (tertiary/aromatic N) is 4. The SMILES string of the molecule is O=C(O)Cc1coc(-n2cnnc2)n1. The Bertz CT molecular complexity index is 433. The maximum absolute atomic E-state index is 10.4. The number of carbonyl (C=O) groups is 1. The first kappa shape index (κ1) is 8.42. The smallest absolute Gasteiger partial charge is 0.309 e. The average Bonchev–Trinajstić information content (AvgIpc) is 2.69. The van der Waals surface area contributed by atoms with Gasteiger partial charge in [0.25, 0.3) is 0 Å². The summed E-state index contributed by atoms with van der Waals surface area (Å²) < 4.78 is 6.47. The van der Waals surface area contributed by atoms with Gasteiger partial charge in [0.05, 0.1) is 12.1 Å². The summed E-state index contributed by atoms with van der Waals surface area (Å²) in [6, 6.07) is 0.256. The molecule has 7 heteroatoms. The molecule has 2 heterocycles. The fourth-order valence-corrected chi connectivity index (χ4v) is 0.950. The van der Waals surface area contributed by atoms with Gasteiger partial charge in [0.15, 0.2) is 0 Å². The molecule has 0 unspecified atom stereocenters. The van der Waals surface area contributed by atoms with E-state index in [0.29, 0.717) is 5.69 Å². The van der Waals surface area contributed by atoms with Gasteiger partial charge in [-0.3, -0.25) is 4.79 Å². The highest BCUT2D eigenvalue weighted by Gasteiger charge is 2.08. The Kier molecular flexibility index (Phi) is 1.98. The first-order valence-electron chi connectivity index (χ1n) is 3.77. The highest BCUT2D eigenvalue weighted by Crippen LogP contribution is 2.06. The normalized spacial score (nSPS) is 10.3. The van der Waals surface area contributed by atoms with E-state index in [4.69, 9.17) is 9.52 Å². The van der Waals surface area contributed by atoms with Crippen molar-refractivity contribution in [1.82, 2.24) is 19.7 Å². The monoisotopic (exact) mass is 194 g/mol. The minimum atomic E-state index is -0.950. The molecular weight excluding hydrogens is 188 g/mol. The number of hydrogen-bond donors (Lipinski definition) is 1. The van der Waals surface area contributed by atoms with E-state index >= 15 is 0 Å². The van der Waals surface area contributed by atoms with Gasteiger partial charge in [0.1, 0.15) is 18.9 Å². The van der Waals surface area contributed by atoms with Crippen LogP contribution >= 0.6 is 0 Å². The molecular formula is C7H6N4O3. The molecule has 0 spiro atoms. The van der Waals surface area contributed by atoms with Crippen LogP contribution in [0.4, 0.5) is 0 Å². The molecule has 2 rings (SSSR count). The second kappa shape index (κ2) is 3.29. The Morgan fingerprint density at radius 1 is 1.50 bits per heavy atom. The molecule has 14 heavy (non-hydrogen) atoms. The quantitative estimate of drug-likeness (QED) is 0.732. The molecule has 0 saturated heterocycles. The van der Waals surface area contributed by atoms with E-state index in [1.54, 1.807) is 0 Å². The van der Waals surface area contributed by atoms with Crippen LogP contribution in [0.25, 0.3) is 6.01 Å². The second-order valence-corrected chi connectivity index (χ2v) is 2.56. The minimum Gasteiger partial charge on any atom is -0.481 e. The first-order chi connectivity index (χ1) is 6.75. The molecule has 0 aliphatic rings. The summed E-state index contributed by atoms with van der Waals surface area (Å²) >= 11 is 0. The third-order valence-electron chi connectivity index (χ3n) is 1.51. The third-order valence-corrected chi connectivity index (χ3v) is 1.51. The molecule has 0 saturated carbocycles. The maximum Gasteiger partial charge on any atom is 0.309 e. The van der Waals surface area contributed by atoms with E-state index in [-0.39, 0.29) is 12.4 Å². The third kappa shape index (κ3) is 1.60. The molecule has 0 amide bonds. The van der Waals surface area contributed by atoms with E-state index in [0.717, 1.165) is 0 Å². The number of oxazole rings is 1. The van der Waals surface area contributed by atoms with Crippen molar-refractivity contribution in [2.45, 2.75) is 6.42 Å². The van der Waals surface area contributed by atoms with Gasteiger partial charge < -0.3 is 9.52 Å². The van der Waals surface area contributed by atoms with E-state index < -0.39 is 5.97 Å². The Morgan fingerprint density at radius 2 is 2.21 bits per heavy atom. The highest BCUT2D eigenvalue weighted by molar-refractivity contribution is 5.69. The summed E-state index contributed by atoms with van der Waals surface area (Å²) in [5.74, 6) is -0.950. The lowest BCUT2D eigenvalue weighted by atomic mass is 10.3. The average molecular weight is 194 g/mol. The number of rotatable bonds is 3.